The smallest absolute Gasteiger partial charge is 0.371 e. The second-order valence-electron chi connectivity index (χ2n) is 6.22. The number of alkyl halides is 6. The number of hydrogen-bond donors (Lipinski definition) is 1. The molecule has 1 aromatic heterocycles. The van der Waals surface area contributed by atoms with Crippen molar-refractivity contribution in [3.8, 4) is 0 Å². The highest BCUT2D eigenvalue weighted by Gasteiger charge is 2.41. The lowest BCUT2D eigenvalue weighted by molar-refractivity contribution is -0.0973. The van der Waals surface area contributed by atoms with Crippen LogP contribution in [0.2, 0.25) is 0 Å². The Bertz CT molecular complexity index is 1030. The van der Waals surface area contributed by atoms with Crippen LogP contribution in [0.3, 0.4) is 0 Å². The first-order valence-electron chi connectivity index (χ1n) is 7.98. The van der Waals surface area contributed by atoms with E-state index in [0.29, 0.717) is 11.1 Å². The maximum atomic E-state index is 13.3. The fourth-order valence-corrected chi connectivity index (χ4v) is 3.26. The summed E-state index contributed by atoms with van der Waals surface area (Å²) in [4.78, 5) is 0. The van der Waals surface area contributed by atoms with Crippen molar-refractivity contribution >= 4 is 16.6 Å². The third-order valence-corrected chi connectivity index (χ3v) is 4.50. The molecular formula is C19H12F6N2. The molecule has 1 N–H and O–H groups in total. The molecule has 27 heavy (non-hydrogen) atoms. The molecule has 2 heterocycles. The molecule has 2 aliphatic rings. The van der Waals surface area contributed by atoms with Crippen molar-refractivity contribution in [3.05, 3.63) is 77.7 Å². The van der Waals surface area contributed by atoms with Gasteiger partial charge in [-0.2, -0.15) is 26.3 Å². The summed E-state index contributed by atoms with van der Waals surface area (Å²) >= 11 is 0. The van der Waals surface area contributed by atoms with Gasteiger partial charge < -0.3 is 9.88 Å². The summed E-state index contributed by atoms with van der Waals surface area (Å²) in [7, 11) is 0. The van der Waals surface area contributed by atoms with Gasteiger partial charge in [0.15, 0.2) is 0 Å². The summed E-state index contributed by atoms with van der Waals surface area (Å²) in [6.07, 6.45) is -3.94. The Morgan fingerprint density at radius 1 is 0.889 bits per heavy atom. The summed E-state index contributed by atoms with van der Waals surface area (Å²) in [5.74, 6) is 0. The monoisotopic (exact) mass is 382 g/mol. The Balaban J connectivity index is 1.92. The molecule has 1 unspecified atom stereocenters. The largest absolute Gasteiger partial charge is 0.431 e. The number of aromatic nitrogens is 1. The van der Waals surface area contributed by atoms with Crippen LogP contribution in [0.5, 0.6) is 0 Å². The van der Waals surface area contributed by atoms with Crippen molar-refractivity contribution in [2.75, 3.05) is 0 Å². The van der Waals surface area contributed by atoms with Gasteiger partial charge in [0.25, 0.3) is 0 Å². The van der Waals surface area contributed by atoms with E-state index in [-0.39, 0.29) is 5.70 Å². The number of nitrogens with zero attached hydrogens (tertiary/aromatic N) is 1. The van der Waals surface area contributed by atoms with Crippen molar-refractivity contribution in [1.29, 1.82) is 0 Å². The number of rotatable bonds is 1. The molecule has 1 aliphatic carbocycles. The quantitative estimate of drug-likeness (QED) is 0.660. The molecule has 1 atom stereocenters. The molecule has 1 aliphatic heterocycles. The Kier molecular flexibility index (Phi) is 3.76. The average Bonchev–Trinajstić information content (AvgIpc) is 3.02. The number of halogens is 6. The van der Waals surface area contributed by atoms with E-state index in [4.69, 9.17) is 0 Å². The molecule has 0 amide bonds. The number of para-hydroxylation sites is 1. The van der Waals surface area contributed by atoms with Crippen LogP contribution in [0, 0.1) is 0 Å². The molecule has 0 saturated heterocycles. The summed E-state index contributed by atoms with van der Waals surface area (Å²) < 4.78 is 80.6. The number of fused-ring (bicyclic) bond motifs is 2. The van der Waals surface area contributed by atoms with Gasteiger partial charge in [0.1, 0.15) is 5.70 Å². The fourth-order valence-electron chi connectivity index (χ4n) is 3.26. The van der Waals surface area contributed by atoms with Crippen LogP contribution < -0.4 is 5.32 Å². The minimum atomic E-state index is -4.72. The predicted octanol–water partition coefficient (Wildman–Crippen LogP) is 5.33. The molecule has 0 bridgehead atoms. The van der Waals surface area contributed by atoms with Crippen molar-refractivity contribution in [2.24, 2.45) is 0 Å². The maximum Gasteiger partial charge on any atom is 0.431 e. The van der Waals surface area contributed by atoms with Crippen LogP contribution in [0.15, 0.2) is 77.7 Å². The molecule has 0 saturated carbocycles. The van der Waals surface area contributed by atoms with Crippen molar-refractivity contribution in [3.63, 3.8) is 0 Å². The second kappa shape index (κ2) is 5.80. The zero-order valence-electron chi connectivity index (χ0n) is 13.6. The molecule has 2 nitrogen and oxygen atoms in total. The summed E-state index contributed by atoms with van der Waals surface area (Å²) in [6, 6.07) is 7.60. The summed E-state index contributed by atoms with van der Waals surface area (Å²) in [6.45, 7) is 0. The number of hydrogen-bond acceptors (Lipinski definition) is 1. The molecule has 4 rings (SSSR count). The average molecular weight is 382 g/mol. The van der Waals surface area contributed by atoms with Gasteiger partial charge >= 0.3 is 12.4 Å². The first-order chi connectivity index (χ1) is 12.6. The maximum absolute atomic E-state index is 13.3. The van der Waals surface area contributed by atoms with Crippen LogP contribution in [0.25, 0.3) is 16.6 Å². The van der Waals surface area contributed by atoms with Crippen LogP contribution in [0.4, 0.5) is 26.3 Å². The Morgan fingerprint density at radius 3 is 2.33 bits per heavy atom. The second-order valence-corrected chi connectivity index (χ2v) is 6.22. The Labute approximate surface area is 149 Å². The minimum Gasteiger partial charge on any atom is -0.371 e. The zero-order chi connectivity index (χ0) is 19.4. The molecule has 0 radical (unpaired) electrons. The molecule has 8 heteroatoms. The van der Waals surface area contributed by atoms with E-state index in [1.54, 1.807) is 35.0 Å². The van der Waals surface area contributed by atoms with Gasteiger partial charge in [0.2, 0.25) is 0 Å². The van der Waals surface area contributed by atoms with Gasteiger partial charge in [-0.1, -0.05) is 24.3 Å². The SMILES string of the molecule is FC(F)(F)C1=CC2NC(C(F)(F)F)=CC(n3ccc4ccccc43)=C2C=C1. The molecule has 2 aromatic rings. The molecule has 1 aromatic carbocycles. The lowest BCUT2D eigenvalue weighted by atomic mass is 9.92. The van der Waals surface area contributed by atoms with Gasteiger partial charge in [0, 0.05) is 11.8 Å². The number of dihydropyridines is 1. The van der Waals surface area contributed by atoms with Crippen LogP contribution in [-0.2, 0) is 0 Å². The highest BCUT2D eigenvalue weighted by atomic mass is 19.4. The Hall–Kier alpha value is -2.90. The zero-order valence-corrected chi connectivity index (χ0v) is 13.6. The van der Waals surface area contributed by atoms with Crippen LogP contribution in [0.1, 0.15) is 0 Å². The van der Waals surface area contributed by atoms with Gasteiger partial charge in [-0.15, -0.1) is 0 Å². The van der Waals surface area contributed by atoms with E-state index in [2.05, 4.69) is 5.32 Å². The predicted molar refractivity (Wildman–Crippen MR) is 89.5 cm³/mol. The topological polar surface area (TPSA) is 17.0 Å². The van der Waals surface area contributed by atoms with E-state index < -0.39 is 29.7 Å². The first kappa shape index (κ1) is 17.5. The third-order valence-electron chi connectivity index (χ3n) is 4.50. The van der Waals surface area contributed by atoms with Gasteiger partial charge in [0.05, 0.1) is 22.8 Å². The highest BCUT2D eigenvalue weighted by molar-refractivity contribution is 5.86. The number of allylic oxidation sites excluding steroid dienone is 5. The van der Waals surface area contributed by atoms with E-state index in [1.165, 1.54) is 6.08 Å². The van der Waals surface area contributed by atoms with Crippen molar-refractivity contribution in [1.82, 2.24) is 9.88 Å². The van der Waals surface area contributed by atoms with E-state index in [9.17, 15) is 26.3 Å². The summed E-state index contributed by atoms with van der Waals surface area (Å²) in [5, 5.41) is 2.99. The molecular weight excluding hydrogens is 370 g/mol. The van der Waals surface area contributed by atoms with Crippen LogP contribution in [-0.4, -0.2) is 23.0 Å². The normalized spacial score (nSPS) is 20.3. The van der Waals surface area contributed by atoms with Crippen molar-refractivity contribution in [2.45, 2.75) is 18.4 Å². The lowest BCUT2D eigenvalue weighted by Gasteiger charge is -2.31. The molecule has 0 spiro atoms. The van der Waals surface area contributed by atoms with Crippen molar-refractivity contribution < 1.29 is 26.3 Å². The number of nitrogens with one attached hydrogen (secondary N) is 1. The molecule has 140 valence electrons. The van der Waals surface area contributed by atoms with Gasteiger partial charge in [-0.05, 0) is 35.7 Å². The van der Waals surface area contributed by atoms with Gasteiger partial charge in [-0.25, -0.2) is 0 Å². The fraction of sp³-hybridized carbons (Fsp3) is 0.158. The van der Waals surface area contributed by atoms with Crippen LogP contribution >= 0.6 is 0 Å². The van der Waals surface area contributed by atoms with E-state index >= 15 is 0 Å². The first-order valence-corrected chi connectivity index (χ1v) is 7.98. The Morgan fingerprint density at radius 2 is 1.63 bits per heavy atom. The van der Waals surface area contributed by atoms with E-state index in [0.717, 1.165) is 23.6 Å². The third kappa shape index (κ3) is 3.05. The van der Waals surface area contributed by atoms with Gasteiger partial charge in [-0.3, -0.25) is 0 Å². The standard InChI is InChI=1S/C19H12F6N2/c20-18(21,22)12-5-6-13-14(9-12)26-17(19(23,24)25)10-16(13)27-8-7-11-3-1-2-4-15(11)27/h1-10,14,26H. The van der Waals surface area contributed by atoms with E-state index in [1.807, 2.05) is 6.07 Å². The molecule has 0 fully saturated rings. The highest BCUT2D eigenvalue weighted by Crippen LogP contribution is 2.38. The number of benzene rings is 1. The summed E-state index contributed by atoms with van der Waals surface area (Å²) in [5.41, 5.74) is -0.892. The minimum absolute atomic E-state index is 0.181. The lowest BCUT2D eigenvalue weighted by Crippen LogP contribution is -2.39.